The molecule has 1 aromatic carbocycles. The molecule has 0 radical (unpaired) electrons. The average Bonchev–Trinajstić information content (AvgIpc) is 2.19. The number of halogens is 1. The van der Waals surface area contributed by atoms with Gasteiger partial charge in [-0.1, -0.05) is 66.8 Å². The monoisotopic (exact) mass is 302 g/mol. The van der Waals surface area contributed by atoms with Crippen LogP contribution in [0.15, 0.2) is 30.3 Å². The Morgan fingerprint density at radius 1 is 1.07 bits per heavy atom. The SMILES string of the molecule is C[C@H](CI)C[C@H](C)Cc1ccccc1. The number of benzene rings is 1. The second-order valence-electron chi connectivity index (χ2n) is 4.29. The summed E-state index contributed by atoms with van der Waals surface area (Å²) in [6.45, 7) is 4.70. The van der Waals surface area contributed by atoms with Gasteiger partial charge in [0.05, 0.1) is 0 Å². The minimum atomic E-state index is 0.808. The first-order valence-electron chi connectivity index (χ1n) is 5.32. The molecule has 0 aromatic heterocycles. The highest BCUT2D eigenvalue weighted by atomic mass is 127. The first-order chi connectivity index (χ1) is 6.72. The molecular weight excluding hydrogens is 283 g/mol. The minimum absolute atomic E-state index is 0.808. The Hall–Kier alpha value is -0.0500. The molecule has 0 saturated heterocycles. The summed E-state index contributed by atoms with van der Waals surface area (Å²) < 4.78 is 1.27. The summed E-state index contributed by atoms with van der Waals surface area (Å²) in [6, 6.07) is 10.8. The quantitative estimate of drug-likeness (QED) is 0.561. The summed E-state index contributed by atoms with van der Waals surface area (Å²) in [6.07, 6.45) is 2.57. The second kappa shape index (κ2) is 6.44. The summed E-state index contributed by atoms with van der Waals surface area (Å²) in [4.78, 5) is 0. The summed E-state index contributed by atoms with van der Waals surface area (Å²) in [5, 5.41) is 0. The Morgan fingerprint density at radius 3 is 2.29 bits per heavy atom. The maximum Gasteiger partial charge on any atom is 0.00211 e. The van der Waals surface area contributed by atoms with Crippen molar-refractivity contribution in [2.45, 2.75) is 26.7 Å². The van der Waals surface area contributed by atoms with Crippen LogP contribution >= 0.6 is 22.6 Å². The van der Waals surface area contributed by atoms with Crippen LogP contribution in [0.3, 0.4) is 0 Å². The summed E-state index contributed by atoms with van der Waals surface area (Å²) in [7, 11) is 0. The van der Waals surface area contributed by atoms with E-state index in [0.29, 0.717) is 0 Å². The fourth-order valence-electron chi connectivity index (χ4n) is 1.85. The van der Waals surface area contributed by atoms with Gasteiger partial charge in [-0.3, -0.25) is 0 Å². The largest absolute Gasteiger partial charge is 0.0861 e. The molecule has 1 heteroatoms. The van der Waals surface area contributed by atoms with Crippen molar-refractivity contribution in [2.24, 2.45) is 11.8 Å². The summed E-state index contributed by atoms with van der Waals surface area (Å²) in [5.74, 6) is 1.66. The normalized spacial score (nSPS) is 15.1. The van der Waals surface area contributed by atoms with Crippen molar-refractivity contribution >= 4 is 22.6 Å². The summed E-state index contributed by atoms with van der Waals surface area (Å²) in [5.41, 5.74) is 1.47. The lowest BCUT2D eigenvalue weighted by atomic mass is 9.93. The smallest absolute Gasteiger partial charge is 0.00211 e. The van der Waals surface area contributed by atoms with E-state index in [-0.39, 0.29) is 0 Å². The maximum absolute atomic E-state index is 2.48. The van der Waals surface area contributed by atoms with Crippen LogP contribution in [0.5, 0.6) is 0 Å². The third-order valence-electron chi connectivity index (χ3n) is 2.50. The van der Waals surface area contributed by atoms with Crippen molar-refractivity contribution in [1.82, 2.24) is 0 Å². The van der Waals surface area contributed by atoms with Gasteiger partial charge in [0.1, 0.15) is 0 Å². The highest BCUT2D eigenvalue weighted by Crippen LogP contribution is 2.18. The minimum Gasteiger partial charge on any atom is -0.0861 e. The van der Waals surface area contributed by atoms with Gasteiger partial charge in [-0.2, -0.15) is 0 Å². The number of hydrogen-bond donors (Lipinski definition) is 0. The van der Waals surface area contributed by atoms with E-state index in [2.05, 4.69) is 66.8 Å². The lowest BCUT2D eigenvalue weighted by molar-refractivity contribution is 0.445. The molecule has 78 valence electrons. The zero-order valence-electron chi connectivity index (χ0n) is 9.04. The zero-order valence-corrected chi connectivity index (χ0v) is 11.2. The Balaban J connectivity index is 2.37. The van der Waals surface area contributed by atoms with E-state index >= 15 is 0 Å². The van der Waals surface area contributed by atoms with Crippen molar-refractivity contribution in [3.05, 3.63) is 35.9 Å². The van der Waals surface area contributed by atoms with E-state index in [4.69, 9.17) is 0 Å². The van der Waals surface area contributed by atoms with Gasteiger partial charge in [0.15, 0.2) is 0 Å². The van der Waals surface area contributed by atoms with Crippen LogP contribution in [0.25, 0.3) is 0 Å². The molecule has 2 atom stereocenters. The summed E-state index contributed by atoms with van der Waals surface area (Å²) >= 11 is 2.48. The highest BCUT2D eigenvalue weighted by Gasteiger charge is 2.07. The van der Waals surface area contributed by atoms with E-state index < -0.39 is 0 Å². The molecule has 14 heavy (non-hydrogen) atoms. The van der Waals surface area contributed by atoms with Crippen LogP contribution < -0.4 is 0 Å². The van der Waals surface area contributed by atoms with Gasteiger partial charge in [-0.15, -0.1) is 0 Å². The van der Waals surface area contributed by atoms with Crippen LogP contribution in [0, 0.1) is 11.8 Å². The molecule has 0 unspecified atom stereocenters. The molecule has 0 nitrogen and oxygen atoms in total. The van der Waals surface area contributed by atoms with Gasteiger partial charge in [-0.25, -0.2) is 0 Å². The number of rotatable bonds is 5. The Kier molecular flexibility index (Phi) is 5.53. The van der Waals surface area contributed by atoms with E-state index in [9.17, 15) is 0 Å². The van der Waals surface area contributed by atoms with Crippen LogP contribution in [-0.2, 0) is 6.42 Å². The predicted octanol–water partition coefficient (Wildman–Crippen LogP) is 4.33. The van der Waals surface area contributed by atoms with Gasteiger partial charge in [0.2, 0.25) is 0 Å². The van der Waals surface area contributed by atoms with Crippen LogP contribution in [-0.4, -0.2) is 4.43 Å². The van der Waals surface area contributed by atoms with Gasteiger partial charge < -0.3 is 0 Å². The Bertz CT molecular complexity index is 243. The van der Waals surface area contributed by atoms with Crippen molar-refractivity contribution < 1.29 is 0 Å². The van der Waals surface area contributed by atoms with Gasteiger partial charge in [-0.05, 0) is 30.2 Å². The average molecular weight is 302 g/mol. The van der Waals surface area contributed by atoms with E-state index in [0.717, 1.165) is 11.8 Å². The lowest BCUT2D eigenvalue weighted by Gasteiger charge is -2.15. The first-order valence-corrected chi connectivity index (χ1v) is 6.84. The van der Waals surface area contributed by atoms with E-state index in [1.807, 2.05) is 0 Å². The Labute approximate surface area is 101 Å². The molecule has 0 heterocycles. The van der Waals surface area contributed by atoms with Crippen LogP contribution in [0.4, 0.5) is 0 Å². The zero-order chi connectivity index (χ0) is 10.4. The van der Waals surface area contributed by atoms with Crippen molar-refractivity contribution in [2.75, 3.05) is 4.43 Å². The van der Waals surface area contributed by atoms with Crippen LogP contribution in [0.2, 0.25) is 0 Å². The first kappa shape index (κ1) is 12.0. The van der Waals surface area contributed by atoms with E-state index in [1.165, 1.54) is 22.8 Å². The van der Waals surface area contributed by atoms with Crippen molar-refractivity contribution in [3.8, 4) is 0 Å². The number of alkyl halides is 1. The maximum atomic E-state index is 2.48. The molecule has 0 N–H and O–H groups in total. The van der Waals surface area contributed by atoms with Crippen LogP contribution in [0.1, 0.15) is 25.8 Å². The van der Waals surface area contributed by atoms with Gasteiger partial charge >= 0.3 is 0 Å². The van der Waals surface area contributed by atoms with E-state index in [1.54, 1.807) is 0 Å². The molecule has 0 aliphatic heterocycles. The molecule has 0 amide bonds. The lowest BCUT2D eigenvalue weighted by Crippen LogP contribution is -2.06. The fraction of sp³-hybridized carbons (Fsp3) is 0.538. The molecule has 0 bridgehead atoms. The molecule has 0 fully saturated rings. The highest BCUT2D eigenvalue weighted by molar-refractivity contribution is 14.1. The topological polar surface area (TPSA) is 0 Å². The molecule has 0 aliphatic carbocycles. The second-order valence-corrected chi connectivity index (χ2v) is 5.17. The predicted molar refractivity (Wildman–Crippen MR) is 72.0 cm³/mol. The molecular formula is C13H19I. The standard InChI is InChI=1S/C13H19I/c1-11(8-12(2)10-14)9-13-6-4-3-5-7-13/h3-7,11-12H,8-10H2,1-2H3/t11-,12-/m0/s1. The third-order valence-corrected chi connectivity index (χ3v) is 4.00. The molecule has 0 spiro atoms. The molecule has 1 rings (SSSR count). The van der Waals surface area contributed by atoms with Gasteiger partial charge in [0, 0.05) is 4.43 Å². The third kappa shape index (κ3) is 4.45. The van der Waals surface area contributed by atoms with Crippen molar-refractivity contribution in [1.29, 1.82) is 0 Å². The molecule has 0 saturated carbocycles. The Morgan fingerprint density at radius 2 is 1.71 bits per heavy atom. The molecule has 0 aliphatic rings. The van der Waals surface area contributed by atoms with Crippen molar-refractivity contribution in [3.63, 3.8) is 0 Å². The van der Waals surface area contributed by atoms with Gasteiger partial charge in [0.25, 0.3) is 0 Å². The fourth-order valence-corrected chi connectivity index (χ4v) is 2.21. The molecule has 1 aromatic rings. The number of hydrogen-bond acceptors (Lipinski definition) is 0.